The summed E-state index contributed by atoms with van der Waals surface area (Å²) in [6, 6.07) is 6.33. The van der Waals surface area contributed by atoms with E-state index in [-0.39, 0.29) is 24.2 Å². The van der Waals surface area contributed by atoms with Crippen LogP contribution in [0.2, 0.25) is 0 Å². The molecule has 0 saturated carbocycles. The summed E-state index contributed by atoms with van der Waals surface area (Å²) in [5.41, 5.74) is 5.95. The largest absolute Gasteiger partial charge is 0.364 e. The molecule has 0 unspecified atom stereocenters. The number of carbonyl (C=O) groups is 1. The van der Waals surface area contributed by atoms with Crippen molar-refractivity contribution in [3.05, 3.63) is 39.9 Å². The van der Waals surface area contributed by atoms with Crippen molar-refractivity contribution in [3.8, 4) is 0 Å². The molecule has 3 N–H and O–H groups in total. The number of rotatable bonds is 5. The van der Waals surface area contributed by atoms with Crippen molar-refractivity contribution in [2.45, 2.75) is 31.6 Å². The lowest BCUT2D eigenvalue weighted by molar-refractivity contribution is -0.385. The second-order valence-corrected chi connectivity index (χ2v) is 4.66. The minimum absolute atomic E-state index is 0.0000231. The molecule has 0 aromatic heterocycles. The summed E-state index contributed by atoms with van der Waals surface area (Å²) in [4.78, 5) is 22.3. The number of nitrogens with zero attached hydrogens (tertiary/aromatic N) is 1. The molecule has 1 amide bonds. The zero-order chi connectivity index (χ0) is 14.5. The van der Waals surface area contributed by atoms with Crippen molar-refractivity contribution >= 4 is 11.6 Å². The van der Waals surface area contributed by atoms with Crippen LogP contribution in [0, 0.1) is 10.1 Å². The average molecular weight is 279 g/mol. The average Bonchev–Trinajstić information content (AvgIpc) is 2.94. The van der Waals surface area contributed by atoms with Crippen LogP contribution in [0.25, 0.3) is 0 Å². The molecule has 1 saturated heterocycles. The molecule has 1 aliphatic heterocycles. The van der Waals surface area contributed by atoms with Gasteiger partial charge in [-0.05, 0) is 12.8 Å². The van der Waals surface area contributed by atoms with Crippen molar-refractivity contribution in [3.63, 3.8) is 0 Å². The Morgan fingerprint density at radius 3 is 2.85 bits per heavy atom. The number of hydrogen-bond acceptors (Lipinski definition) is 5. The van der Waals surface area contributed by atoms with Gasteiger partial charge in [0.25, 0.3) is 5.69 Å². The number of hydrogen-bond donors (Lipinski definition) is 2. The van der Waals surface area contributed by atoms with E-state index in [2.05, 4.69) is 5.32 Å². The topological polar surface area (TPSA) is 107 Å². The minimum atomic E-state index is -0.508. The maximum atomic E-state index is 11.9. The Hall–Kier alpha value is -1.99. The highest BCUT2D eigenvalue weighted by atomic mass is 16.6. The van der Waals surface area contributed by atoms with Gasteiger partial charge in [-0.25, -0.2) is 0 Å². The van der Waals surface area contributed by atoms with E-state index >= 15 is 0 Å². The highest BCUT2D eigenvalue weighted by Gasteiger charge is 2.29. The third kappa shape index (κ3) is 3.31. The Kier molecular flexibility index (Phi) is 4.65. The van der Waals surface area contributed by atoms with Crippen LogP contribution < -0.4 is 11.1 Å². The van der Waals surface area contributed by atoms with E-state index in [9.17, 15) is 14.9 Å². The summed E-state index contributed by atoms with van der Waals surface area (Å²) in [6.07, 6.45) is 0.813. The van der Waals surface area contributed by atoms with Gasteiger partial charge in [-0.15, -0.1) is 0 Å². The Labute approximate surface area is 116 Å². The van der Waals surface area contributed by atoms with Gasteiger partial charge in [-0.2, -0.15) is 0 Å². The fourth-order valence-corrected chi connectivity index (χ4v) is 2.21. The first-order valence-corrected chi connectivity index (χ1v) is 6.47. The normalized spacial score (nSPS) is 21.6. The molecule has 7 nitrogen and oxygen atoms in total. The van der Waals surface area contributed by atoms with Gasteiger partial charge in [-0.1, -0.05) is 18.2 Å². The highest BCUT2D eigenvalue weighted by Crippen LogP contribution is 2.20. The SMILES string of the molecule is NC[C@H]1CC[C@@H](C(=O)NCc2ccccc2[N+](=O)[O-])O1. The molecule has 0 spiro atoms. The fraction of sp³-hybridized carbons (Fsp3) is 0.462. The molecule has 20 heavy (non-hydrogen) atoms. The number of para-hydroxylation sites is 1. The van der Waals surface area contributed by atoms with E-state index in [1.807, 2.05) is 0 Å². The maximum Gasteiger partial charge on any atom is 0.274 e. The van der Waals surface area contributed by atoms with Crippen LogP contribution in [0.4, 0.5) is 5.69 Å². The van der Waals surface area contributed by atoms with Gasteiger partial charge in [0.2, 0.25) is 5.91 Å². The van der Waals surface area contributed by atoms with Crippen molar-refractivity contribution in [1.29, 1.82) is 0 Å². The standard InChI is InChI=1S/C13H17N3O4/c14-7-10-5-6-12(20-10)13(17)15-8-9-3-1-2-4-11(9)16(18)19/h1-4,10,12H,5-8,14H2,(H,15,17)/t10-,12+/m1/s1. The Bertz CT molecular complexity index is 506. The zero-order valence-electron chi connectivity index (χ0n) is 11.0. The van der Waals surface area contributed by atoms with Gasteiger partial charge in [0, 0.05) is 24.7 Å². The molecule has 1 aliphatic rings. The lowest BCUT2D eigenvalue weighted by atomic mass is 10.1. The summed E-state index contributed by atoms with van der Waals surface area (Å²) >= 11 is 0. The molecule has 1 heterocycles. The van der Waals surface area contributed by atoms with Crippen molar-refractivity contribution in [2.24, 2.45) is 5.73 Å². The Balaban J connectivity index is 1.92. The van der Waals surface area contributed by atoms with Crippen molar-refractivity contribution in [2.75, 3.05) is 6.54 Å². The number of nitro groups is 1. The monoisotopic (exact) mass is 279 g/mol. The minimum Gasteiger partial charge on any atom is -0.364 e. The van der Waals surface area contributed by atoms with Gasteiger partial charge >= 0.3 is 0 Å². The fourth-order valence-electron chi connectivity index (χ4n) is 2.21. The summed E-state index contributed by atoms with van der Waals surface area (Å²) in [7, 11) is 0. The molecule has 7 heteroatoms. The van der Waals surface area contributed by atoms with E-state index in [4.69, 9.17) is 10.5 Å². The summed E-state index contributed by atoms with van der Waals surface area (Å²) < 4.78 is 5.47. The molecule has 1 aromatic rings. The van der Waals surface area contributed by atoms with Crippen LogP contribution in [0.5, 0.6) is 0 Å². The van der Waals surface area contributed by atoms with Gasteiger partial charge < -0.3 is 15.8 Å². The van der Waals surface area contributed by atoms with E-state index in [1.54, 1.807) is 18.2 Å². The second-order valence-electron chi connectivity index (χ2n) is 4.66. The number of nitrogens with two attached hydrogens (primary N) is 1. The number of benzene rings is 1. The summed E-state index contributed by atoms with van der Waals surface area (Å²) in [5.74, 6) is -0.251. The molecular formula is C13H17N3O4. The Morgan fingerprint density at radius 2 is 2.20 bits per heavy atom. The molecule has 0 bridgehead atoms. The summed E-state index contributed by atoms with van der Waals surface area (Å²) in [6.45, 7) is 0.511. The maximum absolute atomic E-state index is 11.9. The van der Waals surface area contributed by atoms with Crippen molar-refractivity contribution in [1.82, 2.24) is 5.32 Å². The number of amides is 1. The van der Waals surface area contributed by atoms with Crippen LogP contribution in [0.3, 0.4) is 0 Å². The second kappa shape index (κ2) is 6.44. The van der Waals surface area contributed by atoms with Crippen LogP contribution in [-0.2, 0) is 16.1 Å². The number of nitro benzene ring substituents is 1. The number of ether oxygens (including phenoxy) is 1. The van der Waals surface area contributed by atoms with E-state index in [0.29, 0.717) is 18.5 Å². The van der Waals surface area contributed by atoms with E-state index in [1.165, 1.54) is 6.07 Å². The molecule has 1 aromatic carbocycles. The third-order valence-electron chi connectivity index (χ3n) is 3.30. The quantitative estimate of drug-likeness (QED) is 0.610. The van der Waals surface area contributed by atoms with E-state index < -0.39 is 11.0 Å². The van der Waals surface area contributed by atoms with Gasteiger partial charge in [0.15, 0.2) is 0 Å². The zero-order valence-corrected chi connectivity index (χ0v) is 11.0. The molecule has 0 aliphatic carbocycles. The first-order valence-electron chi connectivity index (χ1n) is 6.47. The van der Waals surface area contributed by atoms with Crippen LogP contribution >= 0.6 is 0 Å². The van der Waals surface area contributed by atoms with Crippen molar-refractivity contribution < 1.29 is 14.5 Å². The molecule has 1 fully saturated rings. The van der Waals surface area contributed by atoms with Crippen LogP contribution in [0.1, 0.15) is 18.4 Å². The number of carbonyl (C=O) groups excluding carboxylic acids is 1. The van der Waals surface area contributed by atoms with E-state index in [0.717, 1.165) is 6.42 Å². The summed E-state index contributed by atoms with van der Waals surface area (Å²) in [5, 5.41) is 13.5. The van der Waals surface area contributed by atoms with Gasteiger partial charge in [0.05, 0.1) is 11.0 Å². The predicted molar refractivity (Wildman–Crippen MR) is 71.9 cm³/mol. The molecule has 2 rings (SSSR count). The van der Waals surface area contributed by atoms with Gasteiger partial charge in [0.1, 0.15) is 6.10 Å². The molecule has 2 atom stereocenters. The first kappa shape index (κ1) is 14.4. The lowest BCUT2D eigenvalue weighted by Crippen LogP contribution is -2.35. The Morgan fingerprint density at radius 1 is 1.45 bits per heavy atom. The first-order chi connectivity index (χ1) is 9.61. The predicted octanol–water partition coefficient (Wildman–Crippen LogP) is 0.717. The highest BCUT2D eigenvalue weighted by molar-refractivity contribution is 5.81. The van der Waals surface area contributed by atoms with Gasteiger partial charge in [-0.3, -0.25) is 14.9 Å². The molecular weight excluding hydrogens is 262 g/mol. The molecule has 0 radical (unpaired) electrons. The lowest BCUT2D eigenvalue weighted by Gasteiger charge is -2.12. The smallest absolute Gasteiger partial charge is 0.274 e. The van der Waals surface area contributed by atoms with Crippen LogP contribution in [-0.4, -0.2) is 29.6 Å². The molecule has 108 valence electrons. The van der Waals surface area contributed by atoms with Crippen LogP contribution in [0.15, 0.2) is 24.3 Å². The third-order valence-corrected chi connectivity index (χ3v) is 3.30. The number of nitrogens with one attached hydrogen (secondary N) is 1.